The van der Waals surface area contributed by atoms with Gasteiger partial charge in [-0.3, -0.25) is 9.36 Å². The van der Waals surface area contributed by atoms with Crippen LogP contribution in [0, 0.1) is 6.92 Å². The molecule has 0 aliphatic carbocycles. The van der Waals surface area contributed by atoms with Crippen LogP contribution in [0.5, 0.6) is 0 Å². The second kappa shape index (κ2) is 8.18. The van der Waals surface area contributed by atoms with E-state index in [0.717, 1.165) is 60.0 Å². The largest absolute Gasteiger partial charge is 0.351 e. The standard InChI is InChI=1S/C25H26N8O/c1-15-3-7-23(31-30-15)28-17-4-6-19-22(13-17)33(14-27-19)24-8-5-18(16(2)34)25(29-24)32-12-10-20-21(32)9-11-26-20/h3-8,13-14,20-21,26H,9-12H2,1-2H3,(H,28,31)/t20-,21+/m1/s1. The van der Waals surface area contributed by atoms with Crippen molar-refractivity contribution in [1.29, 1.82) is 0 Å². The summed E-state index contributed by atoms with van der Waals surface area (Å²) in [4.78, 5) is 24.3. The highest BCUT2D eigenvalue weighted by Gasteiger charge is 2.39. The second-order valence-electron chi connectivity index (χ2n) is 9.00. The molecule has 9 nitrogen and oxygen atoms in total. The van der Waals surface area contributed by atoms with E-state index in [-0.39, 0.29) is 5.78 Å². The van der Waals surface area contributed by atoms with Crippen molar-refractivity contribution in [2.45, 2.75) is 38.8 Å². The number of benzene rings is 1. The maximum absolute atomic E-state index is 12.4. The first-order valence-electron chi connectivity index (χ1n) is 11.6. The Morgan fingerprint density at radius 2 is 2.03 bits per heavy atom. The van der Waals surface area contributed by atoms with E-state index in [2.05, 4.69) is 30.7 Å². The van der Waals surface area contributed by atoms with Crippen LogP contribution < -0.4 is 15.5 Å². The third kappa shape index (κ3) is 3.58. The summed E-state index contributed by atoms with van der Waals surface area (Å²) in [6, 6.07) is 14.4. The van der Waals surface area contributed by atoms with E-state index in [1.165, 1.54) is 0 Å². The zero-order valence-corrected chi connectivity index (χ0v) is 19.2. The molecule has 6 rings (SSSR count). The van der Waals surface area contributed by atoms with Crippen molar-refractivity contribution < 1.29 is 4.79 Å². The fraction of sp³-hybridized carbons (Fsp3) is 0.320. The monoisotopic (exact) mass is 454 g/mol. The summed E-state index contributed by atoms with van der Waals surface area (Å²) in [6.07, 6.45) is 3.92. The number of nitrogens with one attached hydrogen (secondary N) is 2. The Hall–Kier alpha value is -3.85. The maximum Gasteiger partial charge on any atom is 0.163 e. The number of rotatable bonds is 5. The molecule has 2 saturated heterocycles. The molecule has 5 heterocycles. The minimum Gasteiger partial charge on any atom is -0.351 e. The number of aryl methyl sites for hydroxylation is 1. The number of hydrogen-bond acceptors (Lipinski definition) is 8. The second-order valence-corrected chi connectivity index (χ2v) is 9.00. The molecule has 0 amide bonds. The quantitative estimate of drug-likeness (QED) is 0.443. The number of pyridine rings is 1. The Balaban J connectivity index is 1.39. The number of Topliss-reactive ketones (excluding diaryl/α,β-unsaturated/α-hetero) is 1. The molecule has 2 aliphatic rings. The first-order chi connectivity index (χ1) is 16.6. The molecule has 2 atom stereocenters. The molecule has 172 valence electrons. The Morgan fingerprint density at radius 3 is 2.85 bits per heavy atom. The lowest BCUT2D eigenvalue weighted by atomic mass is 10.1. The lowest BCUT2D eigenvalue weighted by Crippen LogP contribution is -2.35. The smallest absolute Gasteiger partial charge is 0.163 e. The Morgan fingerprint density at radius 1 is 1.12 bits per heavy atom. The average Bonchev–Trinajstić information content (AvgIpc) is 3.56. The minimum atomic E-state index is 0.0321. The lowest BCUT2D eigenvalue weighted by Gasteiger charge is -2.26. The molecular weight excluding hydrogens is 428 g/mol. The zero-order chi connectivity index (χ0) is 23.2. The van der Waals surface area contributed by atoms with Crippen LogP contribution in [0.3, 0.4) is 0 Å². The number of carbonyl (C=O) groups is 1. The van der Waals surface area contributed by atoms with Crippen LogP contribution in [0.15, 0.2) is 48.8 Å². The van der Waals surface area contributed by atoms with Crippen LogP contribution in [0.4, 0.5) is 17.3 Å². The molecule has 0 bridgehead atoms. The van der Waals surface area contributed by atoms with Crippen molar-refractivity contribution in [3.8, 4) is 5.82 Å². The van der Waals surface area contributed by atoms with E-state index < -0.39 is 0 Å². The van der Waals surface area contributed by atoms with Crippen LogP contribution >= 0.6 is 0 Å². The van der Waals surface area contributed by atoms with Crippen molar-refractivity contribution in [3.63, 3.8) is 0 Å². The van der Waals surface area contributed by atoms with Crippen molar-refractivity contribution >= 4 is 34.1 Å². The van der Waals surface area contributed by atoms with Gasteiger partial charge in [0.05, 0.1) is 22.3 Å². The van der Waals surface area contributed by atoms with Crippen LogP contribution in [-0.2, 0) is 0 Å². The first kappa shape index (κ1) is 20.7. The Bertz CT molecular complexity index is 1380. The Kier molecular flexibility index (Phi) is 4.99. The number of hydrogen-bond donors (Lipinski definition) is 2. The average molecular weight is 455 g/mol. The molecule has 1 aromatic carbocycles. The summed E-state index contributed by atoms with van der Waals surface area (Å²) < 4.78 is 1.97. The van der Waals surface area contributed by atoms with Gasteiger partial charge in [0.25, 0.3) is 0 Å². The van der Waals surface area contributed by atoms with Gasteiger partial charge in [-0.15, -0.1) is 5.10 Å². The van der Waals surface area contributed by atoms with Gasteiger partial charge in [-0.1, -0.05) is 0 Å². The molecule has 2 N–H and O–H groups in total. The third-order valence-corrected chi connectivity index (χ3v) is 6.77. The number of anilines is 3. The van der Waals surface area contributed by atoms with Crippen LogP contribution in [-0.4, -0.2) is 55.7 Å². The normalized spacial score (nSPS) is 19.5. The highest BCUT2D eigenvalue weighted by atomic mass is 16.1. The van der Waals surface area contributed by atoms with Gasteiger partial charge >= 0.3 is 0 Å². The molecule has 2 fully saturated rings. The van der Waals surface area contributed by atoms with Gasteiger partial charge in [-0.05, 0) is 75.7 Å². The van der Waals surface area contributed by atoms with Crippen molar-refractivity contribution in [1.82, 2.24) is 30.0 Å². The predicted octanol–water partition coefficient (Wildman–Crippen LogP) is 3.41. The summed E-state index contributed by atoms with van der Waals surface area (Å²) in [7, 11) is 0. The van der Waals surface area contributed by atoms with Crippen molar-refractivity contribution in [2.75, 3.05) is 23.3 Å². The molecule has 0 saturated carbocycles. The number of carbonyl (C=O) groups excluding carboxylic acids is 1. The van der Waals surface area contributed by atoms with Gasteiger partial charge in [0.1, 0.15) is 18.0 Å². The molecule has 4 aromatic rings. The van der Waals surface area contributed by atoms with Gasteiger partial charge in [-0.2, -0.15) is 5.10 Å². The summed E-state index contributed by atoms with van der Waals surface area (Å²) >= 11 is 0. The SMILES string of the molecule is CC(=O)c1ccc(-n2cnc3ccc(Nc4ccc(C)nn4)cc32)nc1N1CC[C@H]2NCC[C@@H]21. The van der Waals surface area contributed by atoms with Gasteiger partial charge in [-0.25, -0.2) is 9.97 Å². The van der Waals surface area contributed by atoms with Crippen molar-refractivity contribution in [3.05, 3.63) is 60.0 Å². The molecule has 0 radical (unpaired) electrons. The van der Waals surface area contributed by atoms with Gasteiger partial charge in [0, 0.05) is 24.3 Å². The van der Waals surface area contributed by atoms with Crippen LogP contribution in [0.25, 0.3) is 16.9 Å². The van der Waals surface area contributed by atoms with E-state index in [9.17, 15) is 4.79 Å². The van der Waals surface area contributed by atoms with Gasteiger partial charge in [0.15, 0.2) is 11.6 Å². The molecule has 34 heavy (non-hydrogen) atoms. The number of ketones is 1. The van der Waals surface area contributed by atoms with E-state index in [4.69, 9.17) is 4.98 Å². The summed E-state index contributed by atoms with van der Waals surface area (Å²) in [5.74, 6) is 2.22. The molecule has 3 aromatic heterocycles. The molecule has 0 spiro atoms. The van der Waals surface area contributed by atoms with E-state index >= 15 is 0 Å². The molecule has 9 heteroatoms. The minimum absolute atomic E-state index is 0.0321. The predicted molar refractivity (Wildman–Crippen MR) is 131 cm³/mol. The zero-order valence-electron chi connectivity index (χ0n) is 19.2. The number of nitrogens with zero attached hydrogens (tertiary/aromatic N) is 6. The maximum atomic E-state index is 12.4. The van der Waals surface area contributed by atoms with E-state index in [0.29, 0.717) is 23.5 Å². The lowest BCUT2D eigenvalue weighted by molar-refractivity contribution is 0.101. The topological polar surface area (TPSA) is 101 Å². The summed E-state index contributed by atoms with van der Waals surface area (Å²) in [5.41, 5.74) is 4.20. The van der Waals surface area contributed by atoms with Crippen LogP contribution in [0.2, 0.25) is 0 Å². The van der Waals surface area contributed by atoms with E-state index in [1.807, 2.05) is 54.0 Å². The Labute approximate surface area is 197 Å². The number of fused-ring (bicyclic) bond motifs is 2. The fourth-order valence-corrected chi connectivity index (χ4v) is 5.08. The van der Waals surface area contributed by atoms with Gasteiger partial charge in [0.2, 0.25) is 0 Å². The molecular formula is C25H26N8O. The molecule has 0 unspecified atom stereocenters. The highest BCUT2D eigenvalue weighted by molar-refractivity contribution is 5.99. The fourth-order valence-electron chi connectivity index (χ4n) is 5.08. The number of aromatic nitrogens is 5. The third-order valence-electron chi connectivity index (χ3n) is 6.77. The van der Waals surface area contributed by atoms with Crippen molar-refractivity contribution in [2.24, 2.45) is 0 Å². The summed E-state index contributed by atoms with van der Waals surface area (Å²) in [6.45, 7) is 5.42. The first-order valence-corrected chi connectivity index (χ1v) is 11.6. The van der Waals surface area contributed by atoms with Gasteiger partial charge < -0.3 is 15.5 Å². The van der Waals surface area contributed by atoms with Crippen LogP contribution in [0.1, 0.15) is 35.8 Å². The van der Waals surface area contributed by atoms with E-state index in [1.54, 1.807) is 13.3 Å². The molecule has 2 aliphatic heterocycles. The summed E-state index contributed by atoms with van der Waals surface area (Å²) in [5, 5.41) is 15.2. The highest BCUT2D eigenvalue weighted by Crippen LogP contribution is 2.33. The number of imidazole rings is 1.